The van der Waals surface area contributed by atoms with Crippen molar-refractivity contribution in [1.82, 2.24) is 9.88 Å². The molecule has 0 radical (unpaired) electrons. The Morgan fingerprint density at radius 2 is 2.05 bits per heavy atom. The van der Waals surface area contributed by atoms with Gasteiger partial charge in [-0.2, -0.15) is 0 Å². The molecule has 0 saturated carbocycles. The Labute approximate surface area is 118 Å². The summed E-state index contributed by atoms with van der Waals surface area (Å²) < 4.78 is 15.3. The summed E-state index contributed by atoms with van der Waals surface area (Å²) in [5, 5.41) is 2.90. The van der Waals surface area contributed by atoms with Gasteiger partial charge in [-0.15, -0.1) is 0 Å². The van der Waals surface area contributed by atoms with E-state index >= 15 is 0 Å². The van der Waals surface area contributed by atoms with E-state index in [9.17, 15) is 9.18 Å². The zero-order chi connectivity index (χ0) is 14.4. The molecular weight excluding hydrogens is 255 g/mol. The van der Waals surface area contributed by atoms with Crippen LogP contribution in [0.2, 0.25) is 0 Å². The number of hydrogen-bond donors (Lipinski definition) is 1. The van der Waals surface area contributed by atoms with Gasteiger partial charge in [-0.1, -0.05) is 19.1 Å². The van der Waals surface area contributed by atoms with Crippen molar-refractivity contribution in [3.63, 3.8) is 0 Å². The van der Waals surface area contributed by atoms with Crippen LogP contribution in [0.5, 0.6) is 0 Å². The van der Waals surface area contributed by atoms with Crippen LogP contribution in [0.1, 0.15) is 24.9 Å². The van der Waals surface area contributed by atoms with E-state index in [4.69, 9.17) is 0 Å². The van der Waals surface area contributed by atoms with Gasteiger partial charge in [0.15, 0.2) is 0 Å². The maximum Gasteiger partial charge on any atom is 0.219 e. The molecule has 1 heterocycles. The number of rotatable bonds is 6. The smallest absolute Gasteiger partial charge is 0.219 e. The highest BCUT2D eigenvalue weighted by Gasteiger charge is 2.12. The average molecular weight is 274 g/mol. The number of amides is 1. The summed E-state index contributed by atoms with van der Waals surface area (Å²) in [6.07, 6.45) is 5.07. The van der Waals surface area contributed by atoms with Crippen LogP contribution in [0.15, 0.2) is 48.8 Å². The monoisotopic (exact) mass is 274 g/mol. The molecule has 106 valence electrons. The van der Waals surface area contributed by atoms with E-state index in [1.807, 2.05) is 42.1 Å². The molecule has 1 amide bonds. The van der Waals surface area contributed by atoms with Crippen molar-refractivity contribution in [2.75, 3.05) is 6.54 Å². The van der Waals surface area contributed by atoms with Gasteiger partial charge in [0.2, 0.25) is 5.91 Å². The lowest BCUT2D eigenvalue weighted by Gasteiger charge is -2.20. The summed E-state index contributed by atoms with van der Waals surface area (Å²) in [5.41, 5.74) is 0.925. The Morgan fingerprint density at radius 3 is 2.70 bits per heavy atom. The predicted octanol–water partition coefficient (Wildman–Crippen LogP) is 2.94. The van der Waals surface area contributed by atoms with E-state index < -0.39 is 0 Å². The highest BCUT2D eigenvalue weighted by atomic mass is 19.1. The van der Waals surface area contributed by atoms with E-state index in [0.29, 0.717) is 19.4 Å². The highest BCUT2D eigenvalue weighted by molar-refractivity contribution is 5.75. The van der Waals surface area contributed by atoms with Gasteiger partial charge in [0.05, 0.1) is 6.04 Å². The first-order valence-corrected chi connectivity index (χ1v) is 6.82. The van der Waals surface area contributed by atoms with Gasteiger partial charge in [-0.3, -0.25) is 4.79 Å². The SMILES string of the molecule is CCC(=O)NC[C@H](Cc1cccc(F)c1)n1cccc1. The standard InChI is InChI=1S/C16H19FN2O/c1-2-16(20)18-12-15(19-8-3-4-9-19)11-13-6-5-7-14(17)10-13/h3-10,15H,2,11-12H2,1H3,(H,18,20)/t15-/m0/s1. The summed E-state index contributed by atoms with van der Waals surface area (Å²) in [4.78, 5) is 11.4. The van der Waals surface area contributed by atoms with Crippen LogP contribution in [-0.2, 0) is 11.2 Å². The Kier molecular flexibility index (Phi) is 4.93. The van der Waals surface area contributed by atoms with Gasteiger partial charge < -0.3 is 9.88 Å². The quantitative estimate of drug-likeness (QED) is 0.863. The summed E-state index contributed by atoms with van der Waals surface area (Å²) in [6, 6.07) is 10.6. The molecular formula is C16H19FN2O. The Hall–Kier alpha value is -2.10. The Balaban J connectivity index is 2.08. The number of benzene rings is 1. The number of halogens is 1. The summed E-state index contributed by atoms with van der Waals surface area (Å²) in [7, 11) is 0. The number of carbonyl (C=O) groups excluding carboxylic acids is 1. The zero-order valence-corrected chi connectivity index (χ0v) is 11.6. The minimum atomic E-state index is -0.230. The van der Waals surface area contributed by atoms with E-state index in [0.717, 1.165) is 5.56 Å². The largest absolute Gasteiger partial charge is 0.354 e. The summed E-state index contributed by atoms with van der Waals surface area (Å²) in [6.45, 7) is 2.37. The van der Waals surface area contributed by atoms with Gasteiger partial charge >= 0.3 is 0 Å². The highest BCUT2D eigenvalue weighted by Crippen LogP contribution is 2.15. The maximum absolute atomic E-state index is 13.3. The topological polar surface area (TPSA) is 34.0 Å². The average Bonchev–Trinajstić information content (AvgIpc) is 2.97. The molecule has 0 aliphatic heterocycles. The fraction of sp³-hybridized carbons (Fsp3) is 0.312. The molecule has 0 aliphatic rings. The molecule has 0 unspecified atom stereocenters. The fourth-order valence-electron chi connectivity index (χ4n) is 2.17. The van der Waals surface area contributed by atoms with E-state index in [1.165, 1.54) is 12.1 Å². The zero-order valence-electron chi connectivity index (χ0n) is 11.6. The molecule has 2 aromatic rings. The minimum Gasteiger partial charge on any atom is -0.354 e. The third kappa shape index (κ3) is 3.95. The van der Waals surface area contributed by atoms with Crippen molar-refractivity contribution in [1.29, 1.82) is 0 Å². The van der Waals surface area contributed by atoms with Crippen LogP contribution < -0.4 is 5.32 Å². The van der Waals surface area contributed by atoms with Crippen molar-refractivity contribution in [3.8, 4) is 0 Å². The van der Waals surface area contributed by atoms with Crippen LogP contribution >= 0.6 is 0 Å². The van der Waals surface area contributed by atoms with E-state index in [-0.39, 0.29) is 17.8 Å². The van der Waals surface area contributed by atoms with Crippen molar-refractivity contribution < 1.29 is 9.18 Å². The first kappa shape index (κ1) is 14.3. The van der Waals surface area contributed by atoms with Crippen LogP contribution in [0.3, 0.4) is 0 Å². The molecule has 4 heteroatoms. The lowest BCUT2D eigenvalue weighted by atomic mass is 10.1. The molecule has 0 saturated heterocycles. The van der Waals surface area contributed by atoms with Gasteiger partial charge in [0.25, 0.3) is 0 Å². The van der Waals surface area contributed by atoms with Crippen LogP contribution in [0.25, 0.3) is 0 Å². The van der Waals surface area contributed by atoms with E-state index in [2.05, 4.69) is 5.32 Å². The predicted molar refractivity (Wildman–Crippen MR) is 76.9 cm³/mol. The Bertz CT molecular complexity index is 551. The lowest BCUT2D eigenvalue weighted by Crippen LogP contribution is -2.30. The normalized spacial score (nSPS) is 12.1. The molecule has 0 spiro atoms. The van der Waals surface area contributed by atoms with Crippen LogP contribution in [-0.4, -0.2) is 17.0 Å². The lowest BCUT2D eigenvalue weighted by molar-refractivity contribution is -0.120. The van der Waals surface area contributed by atoms with Gasteiger partial charge in [-0.05, 0) is 36.2 Å². The number of nitrogens with one attached hydrogen (secondary N) is 1. The first-order valence-electron chi connectivity index (χ1n) is 6.82. The Morgan fingerprint density at radius 1 is 1.30 bits per heavy atom. The number of hydrogen-bond acceptors (Lipinski definition) is 1. The molecule has 0 bridgehead atoms. The summed E-state index contributed by atoms with van der Waals surface area (Å²) >= 11 is 0. The fourth-order valence-corrected chi connectivity index (χ4v) is 2.17. The second-order valence-electron chi connectivity index (χ2n) is 4.78. The summed E-state index contributed by atoms with van der Waals surface area (Å²) in [5.74, 6) is -0.201. The van der Waals surface area contributed by atoms with Gasteiger partial charge in [-0.25, -0.2) is 4.39 Å². The van der Waals surface area contributed by atoms with Crippen LogP contribution in [0, 0.1) is 5.82 Å². The second kappa shape index (κ2) is 6.89. The molecule has 3 nitrogen and oxygen atoms in total. The van der Waals surface area contributed by atoms with E-state index in [1.54, 1.807) is 6.07 Å². The third-order valence-corrected chi connectivity index (χ3v) is 3.27. The molecule has 2 rings (SSSR count). The maximum atomic E-state index is 13.3. The third-order valence-electron chi connectivity index (χ3n) is 3.27. The number of nitrogens with zero attached hydrogens (tertiary/aromatic N) is 1. The van der Waals surface area contributed by atoms with Crippen molar-refractivity contribution in [3.05, 3.63) is 60.2 Å². The second-order valence-corrected chi connectivity index (χ2v) is 4.78. The molecule has 0 aliphatic carbocycles. The number of carbonyl (C=O) groups is 1. The van der Waals surface area contributed by atoms with Crippen molar-refractivity contribution in [2.45, 2.75) is 25.8 Å². The molecule has 20 heavy (non-hydrogen) atoms. The molecule has 1 atom stereocenters. The van der Waals surface area contributed by atoms with Gasteiger partial charge in [0, 0.05) is 25.4 Å². The molecule has 0 fully saturated rings. The molecule has 1 N–H and O–H groups in total. The molecule has 1 aromatic carbocycles. The van der Waals surface area contributed by atoms with Crippen molar-refractivity contribution >= 4 is 5.91 Å². The minimum absolute atomic E-state index is 0.0291. The van der Waals surface area contributed by atoms with Crippen LogP contribution in [0.4, 0.5) is 4.39 Å². The van der Waals surface area contributed by atoms with Crippen molar-refractivity contribution in [2.24, 2.45) is 0 Å². The number of aromatic nitrogens is 1. The van der Waals surface area contributed by atoms with Gasteiger partial charge in [0.1, 0.15) is 5.82 Å². The first-order chi connectivity index (χ1) is 9.69. The molecule has 1 aromatic heterocycles.